The van der Waals surface area contributed by atoms with Crippen molar-refractivity contribution in [1.29, 1.82) is 5.26 Å². The highest BCUT2D eigenvalue weighted by Gasteiger charge is 2.48. The molecular weight excluding hydrogens is 362 g/mol. The monoisotopic (exact) mass is 381 g/mol. The third-order valence-electron chi connectivity index (χ3n) is 5.55. The molecule has 2 aliphatic rings. The summed E-state index contributed by atoms with van der Waals surface area (Å²) in [6, 6.07) is 13.0. The quantitative estimate of drug-likeness (QED) is 0.809. The zero-order valence-electron chi connectivity index (χ0n) is 14.9. The molecule has 0 atom stereocenters. The number of carbonyl (C=O) groups is 1. The van der Waals surface area contributed by atoms with Gasteiger partial charge in [0.25, 0.3) is 0 Å². The molecule has 1 aromatic carbocycles. The van der Waals surface area contributed by atoms with Crippen molar-refractivity contribution in [2.24, 2.45) is 0 Å². The number of benzene rings is 1. The number of nitrogens with zero attached hydrogens (tertiary/aromatic N) is 3. The van der Waals surface area contributed by atoms with Crippen LogP contribution < -0.4 is 4.74 Å². The van der Waals surface area contributed by atoms with Gasteiger partial charge in [-0.05, 0) is 36.6 Å². The Morgan fingerprint density at radius 3 is 2.59 bits per heavy atom. The first-order chi connectivity index (χ1) is 13.1. The number of pyridine rings is 1. The van der Waals surface area contributed by atoms with Crippen molar-refractivity contribution in [1.82, 2.24) is 9.88 Å². The number of halogens is 1. The molecule has 4 rings (SSSR count). The summed E-state index contributed by atoms with van der Waals surface area (Å²) in [4.78, 5) is 19.3. The molecule has 1 amide bonds. The van der Waals surface area contributed by atoms with Gasteiger partial charge in [0.15, 0.2) is 0 Å². The van der Waals surface area contributed by atoms with Crippen molar-refractivity contribution >= 4 is 17.5 Å². The van der Waals surface area contributed by atoms with E-state index in [1.807, 2.05) is 29.2 Å². The van der Waals surface area contributed by atoms with Crippen molar-refractivity contribution in [2.45, 2.75) is 37.2 Å². The molecule has 1 aromatic heterocycles. The van der Waals surface area contributed by atoms with Gasteiger partial charge in [0.1, 0.15) is 6.10 Å². The molecule has 1 aliphatic heterocycles. The van der Waals surface area contributed by atoms with E-state index >= 15 is 0 Å². The minimum atomic E-state index is -0.436. The molecule has 0 spiro atoms. The molecule has 5 nitrogen and oxygen atoms in total. The Morgan fingerprint density at radius 1 is 1.22 bits per heavy atom. The third-order valence-corrected chi connectivity index (χ3v) is 5.80. The number of hydrogen-bond acceptors (Lipinski definition) is 4. The number of rotatable bonds is 4. The van der Waals surface area contributed by atoms with Gasteiger partial charge in [-0.3, -0.25) is 4.79 Å². The van der Waals surface area contributed by atoms with Crippen molar-refractivity contribution in [3.8, 4) is 11.9 Å². The molecule has 1 saturated heterocycles. The van der Waals surface area contributed by atoms with E-state index in [1.54, 1.807) is 18.3 Å². The van der Waals surface area contributed by atoms with Crippen molar-refractivity contribution in [2.75, 3.05) is 13.1 Å². The lowest BCUT2D eigenvalue weighted by Crippen LogP contribution is -2.60. The first-order valence-corrected chi connectivity index (χ1v) is 9.57. The summed E-state index contributed by atoms with van der Waals surface area (Å²) in [5.41, 5.74) is 1.14. The summed E-state index contributed by atoms with van der Waals surface area (Å²) in [5, 5.41) is 9.65. The van der Waals surface area contributed by atoms with Crippen LogP contribution in [0.5, 0.6) is 5.88 Å². The topological polar surface area (TPSA) is 66.2 Å². The highest BCUT2D eigenvalue weighted by Crippen LogP contribution is 2.43. The molecular formula is C21H20ClN3O2. The van der Waals surface area contributed by atoms with Gasteiger partial charge in [0.05, 0.1) is 30.1 Å². The summed E-state index contributed by atoms with van der Waals surface area (Å²) < 4.78 is 5.82. The average Bonchev–Trinajstić information content (AvgIpc) is 3.15. The van der Waals surface area contributed by atoms with Crippen LogP contribution in [-0.2, 0) is 10.2 Å². The van der Waals surface area contributed by atoms with Crippen LogP contribution in [0.2, 0.25) is 5.02 Å². The van der Waals surface area contributed by atoms with E-state index in [2.05, 4.69) is 11.1 Å². The summed E-state index contributed by atoms with van der Waals surface area (Å²) in [6.45, 7) is 1.10. The van der Waals surface area contributed by atoms with Crippen LogP contribution in [0.25, 0.3) is 0 Å². The van der Waals surface area contributed by atoms with Crippen molar-refractivity contribution in [3.05, 3.63) is 58.7 Å². The number of likely N-dealkylation sites (tertiary alicyclic amines) is 1. The molecule has 6 heteroatoms. The van der Waals surface area contributed by atoms with Crippen LogP contribution in [0.1, 0.15) is 36.8 Å². The van der Waals surface area contributed by atoms with Crippen molar-refractivity contribution in [3.63, 3.8) is 0 Å². The van der Waals surface area contributed by atoms with Crippen LogP contribution >= 0.6 is 11.6 Å². The van der Waals surface area contributed by atoms with E-state index in [9.17, 15) is 4.79 Å². The Bertz CT molecular complexity index is 879. The fourth-order valence-electron chi connectivity index (χ4n) is 4.07. The van der Waals surface area contributed by atoms with E-state index in [-0.39, 0.29) is 12.0 Å². The lowest BCUT2D eigenvalue weighted by atomic mass is 9.77. The molecule has 1 aliphatic carbocycles. The van der Waals surface area contributed by atoms with E-state index in [1.165, 1.54) is 0 Å². The maximum atomic E-state index is 13.3. The average molecular weight is 382 g/mol. The molecule has 0 bridgehead atoms. The van der Waals surface area contributed by atoms with Crippen molar-refractivity contribution < 1.29 is 9.53 Å². The summed E-state index contributed by atoms with van der Waals surface area (Å²) in [6.07, 6.45) is 5.35. The number of aromatic nitrogens is 1. The van der Waals surface area contributed by atoms with Crippen LogP contribution in [0.3, 0.4) is 0 Å². The first-order valence-electron chi connectivity index (χ1n) is 9.19. The fraction of sp³-hybridized carbons (Fsp3) is 0.381. The second-order valence-electron chi connectivity index (χ2n) is 7.24. The van der Waals surface area contributed by atoms with Gasteiger partial charge >= 0.3 is 0 Å². The molecule has 0 radical (unpaired) electrons. The van der Waals surface area contributed by atoms with Gasteiger partial charge < -0.3 is 9.64 Å². The van der Waals surface area contributed by atoms with Gasteiger partial charge in [0.2, 0.25) is 11.8 Å². The lowest BCUT2D eigenvalue weighted by Gasteiger charge is -2.43. The van der Waals surface area contributed by atoms with Gasteiger partial charge in [-0.15, -0.1) is 0 Å². The van der Waals surface area contributed by atoms with E-state index in [0.29, 0.717) is 29.6 Å². The summed E-state index contributed by atoms with van der Waals surface area (Å²) in [7, 11) is 0. The molecule has 0 unspecified atom stereocenters. The zero-order valence-corrected chi connectivity index (χ0v) is 15.7. The first kappa shape index (κ1) is 17.8. The smallest absolute Gasteiger partial charge is 0.233 e. The molecule has 2 heterocycles. The van der Waals surface area contributed by atoms with E-state index in [0.717, 1.165) is 31.2 Å². The standard InChI is InChI=1S/C21H20ClN3O2/c22-17-5-3-16(4-6-17)21(8-1-2-9-21)20(26)25-13-18(14-25)27-19-11-15(12-23)7-10-24-19/h3-7,10-11,18H,1-2,8-9,13-14H2. The van der Waals surface area contributed by atoms with Gasteiger partial charge in [0, 0.05) is 17.3 Å². The largest absolute Gasteiger partial charge is 0.471 e. The number of carbonyl (C=O) groups excluding carboxylic acids is 1. The number of amides is 1. The van der Waals surface area contributed by atoms with E-state index in [4.69, 9.17) is 21.6 Å². The lowest BCUT2D eigenvalue weighted by molar-refractivity contribution is -0.146. The second-order valence-corrected chi connectivity index (χ2v) is 7.68. The minimum absolute atomic E-state index is 0.0842. The normalized spacial score (nSPS) is 18.6. The van der Waals surface area contributed by atoms with Gasteiger partial charge in [-0.2, -0.15) is 5.26 Å². The Kier molecular flexibility index (Phi) is 4.75. The molecule has 27 heavy (non-hydrogen) atoms. The fourth-order valence-corrected chi connectivity index (χ4v) is 4.19. The number of ether oxygens (including phenoxy) is 1. The maximum absolute atomic E-state index is 13.3. The number of hydrogen-bond donors (Lipinski definition) is 0. The minimum Gasteiger partial charge on any atom is -0.471 e. The Morgan fingerprint density at radius 2 is 1.93 bits per heavy atom. The molecule has 0 N–H and O–H groups in total. The highest BCUT2D eigenvalue weighted by atomic mass is 35.5. The summed E-state index contributed by atoms with van der Waals surface area (Å²) in [5.74, 6) is 0.611. The van der Waals surface area contributed by atoms with E-state index < -0.39 is 5.41 Å². The second kappa shape index (κ2) is 7.21. The predicted octanol–water partition coefficient (Wildman–Crippen LogP) is 3.71. The Hall–Kier alpha value is -2.58. The maximum Gasteiger partial charge on any atom is 0.233 e. The molecule has 2 fully saturated rings. The van der Waals surface area contributed by atoms with Crippen LogP contribution in [0, 0.1) is 11.3 Å². The molecule has 2 aromatic rings. The number of nitriles is 1. The van der Waals surface area contributed by atoms with Crippen LogP contribution in [0.4, 0.5) is 0 Å². The van der Waals surface area contributed by atoms with Gasteiger partial charge in [-0.1, -0.05) is 36.6 Å². The zero-order chi connectivity index (χ0) is 18.9. The molecule has 1 saturated carbocycles. The Balaban J connectivity index is 1.44. The van der Waals surface area contributed by atoms with Crippen LogP contribution in [0.15, 0.2) is 42.6 Å². The highest BCUT2D eigenvalue weighted by molar-refractivity contribution is 6.30. The summed E-state index contributed by atoms with van der Waals surface area (Å²) >= 11 is 6.02. The predicted molar refractivity (Wildman–Crippen MR) is 102 cm³/mol. The molecule has 138 valence electrons. The SMILES string of the molecule is N#Cc1ccnc(OC2CN(C(=O)C3(c4ccc(Cl)cc4)CCCC3)C2)c1. The Labute approximate surface area is 163 Å². The third kappa shape index (κ3) is 3.38. The van der Waals surface area contributed by atoms with Crippen LogP contribution in [-0.4, -0.2) is 35.0 Å². The van der Waals surface area contributed by atoms with Gasteiger partial charge in [-0.25, -0.2) is 4.98 Å².